The largest absolute Gasteiger partial charge is 0.454 e. The average molecular weight is 357 g/mol. The van der Waals surface area contributed by atoms with Gasteiger partial charge in [-0.25, -0.2) is 13.4 Å². The standard InChI is InChI=1S/C12H9BrN2O4S/c13-12-4-1-8(6-14-12)15-20(16,17)9-2-3-10-11(5-9)19-7-18-10/h1-6,15H,7H2. The number of nitrogens with one attached hydrogen (secondary N) is 1. The quantitative estimate of drug-likeness (QED) is 0.854. The van der Waals surface area contributed by atoms with Gasteiger partial charge in [0.25, 0.3) is 10.0 Å². The van der Waals surface area contributed by atoms with E-state index in [0.29, 0.717) is 21.8 Å². The van der Waals surface area contributed by atoms with Crippen LogP contribution in [0.1, 0.15) is 0 Å². The SMILES string of the molecule is O=S(=O)(Nc1ccc(Br)nc1)c1ccc2c(c1)OCO2. The highest BCUT2D eigenvalue weighted by Crippen LogP contribution is 2.34. The second-order valence-corrected chi connectivity index (χ2v) is 6.49. The molecule has 1 aliphatic heterocycles. The van der Waals surface area contributed by atoms with Crippen molar-refractivity contribution in [2.24, 2.45) is 0 Å². The van der Waals surface area contributed by atoms with E-state index >= 15 is 0 Å². The zero-order valence-corrected chi connectivity index (χ0v) is 12.4. The van der Waals surface area contributed by atoms with E-state index in [0.717, 1.165) is 0 Å². The van der Waals surface area contributed by atoms with E-state index in [1.807, 2.05) is 0 Å². The second kappa shape index (κ2) is 4.95. The third-order valence-corrected chi connectivity index (χ3v) is 4.48. The average Bonchev–Trinajstić information content (AvgIpc) is 2.88. The third-order valence-electron chi connectivity index (χ3n) is 2.63. The molecule has 3 rings (SSSR count). The van der Waals surface area contributed by atoms with Crippen LogP contribution in [-0.2, 0) is 10.0 Å². The summed E-state index contributed by atoms with van der Waals surface area (Å²) in [6, 6.07) is 7.72. The summed E-state index contributed by atoms with van der Waals surface area (Å²) >= 11 is 3.19. The highest BCUT2D eigenvalue weighted by atomic mass is 79.9. The van der Waals surface area contributed by atoms with Gasteiger partial charge in [0.2, 0.25) is 6.79 Å². The monoisotopic (exact) mass is 356 g/mol. The number of hydrogen-bond acceptors (Lipinski definition) is 5. The first-order chi connectivity index (χ1) is 9.54. The fraction of sp³-hybridized carbons (Fsp3) is 0.0833. The van der Waals surface area contributed by atoms with Crippen molar-refractivity contribution in [2.75, 3.05) is 11.5 Å². The topological polar surface area (TPSA) is 77.5 Å². The van der Waals surface area contributed by atoms with Crippen molar-refractivity contribution in [3.8, 4) is 11.5 Å². The number of ether oxygens (including phenoxy) is 2. The Morgan fingerprint density at radius 2 is 1.95 bits per heavy atom. The molecule has 1 N–H and O–H groups in total. The molecule has 6 nitrogen and oxygen atoms in total. The maximum atomic E-state index is 12.2. The van der Waals surface area contributed by atoms with Crippen LogP contribution in [0.4, 0.5) is 5.69 Å². The van der Waals surface area contributed by atoms with Crippen molar-refractivity contribution in [3.63, 3.8) is 0 Å². The van der Waals surface area contributed by atoms with Gasteiger partial charge >= 0.3 is 0 Å². The molecule has 0 unspecified atom stereocenters. The molecule has 20 heavy (non-hydrogen) atoms. The lowest BCUT2D eigenvalue weighted by Gasteiger charge is -2.08. The molecule has 2 heterocycles. The van der Waals surface area contributed by atoms with Crippen LogP contribution < -0.4 is 14.2 Å². The highest BCUT2D eigenvalue weighted by Gasteiger charge is 2.20. The van der Waals surface area contributed by atoms with E-state index in [4.69, 9.17) is 9.47 Å². The lowest BCUT2D eigenvalue weighted by Crippen LogP contribution is -2.13. The van der Waals surface area contributed by atoms with Crippen LogP contribution >= 0.6 is 15.9 Å². The van der Waals surface area contributed by atoms with E-state index in [2.05, 4.69) is 25.6 Å². The minimum atomic E-state index is -3.69. The fourth-order valence-corrected chi connectivity index (χ4v) is 2.99. The number of pyridine rings is 1. The van der Waals surface area contributed by atoms with E-state index < -0.39 is 10.0 Å². The summed E-state index contributed by atoms with van der Waals surface area (Å²) in [6.07, 6.45) is 1.43. The zero-order valence-electron chi connectivity index (χ0n) is 10.0. The maximum absolute atomic E-state index is 12.2. The van der Waals surface area contributed by atoms with Gasteiger partial charge in [0.05, 0.1) is 16.8 Å². The van der Waals surface area contributed by atoms with E-state index in [1.165, 1.54) is 18.3 Å². The Morgan fingerprint density at radius 3 is 2.70 bits per heavy atom. The van der Waals surface area contributed by atoms with Gasteiger partial charge in [0.15, 0.2) is 11.5 Å². The Labute approximate surface area is 123 Å². The van der Waals surface area contributed by atoms with E-state index in [9.17, 15) is 8.42 Å². The summed E-state index contributed by atoms with van der Waals surface area (Å²) in [5, 5.41) is 0. The molecule has 0 aliphatic carbocycles. The first kappa shape index (κ1) is 13.2. The molecule has 0 fully saturated rings. The first-order valence-corrected chi connectivity index (χ1v) is 7.86. The second-order valence-electron chi connectivity index (χ2n) is 3.99. The number of sulfonamides is 1. The molecule has 0 radical (unpaired) electrons. The Hall–Kier alpha value is -1.80. The molecular weight excluding hydrogens is 348 g/mol. The number of fused-ring (bicyclic) bond motifs is 1. The molecule has 0 bridgehead atoms. The summed E-state index contributed by atoms with van der Waals surface area (Å²) in [5.74, 6) is 0.955. The van der Waals surface area contributed by atoms with Crippen molar-refractivity contribution in [3.05, 3.63) is 41.1 Å². The number of nitrogens with zero attached hydrogens (tertiary/aromatic N) is 1. The van der Waals surface area contributed by atoms with Crippen molar-refractivity contribution < 1.29 is 17.9 Å². The van der Waals surface area contributed by atoms with Crippen molar-refractivity contribution in [2.45, 2.75) is 4.90 Å². The third kappa shape index (κ3) is 2.56. The minimum absolute atomic E-state index is 0.100. The lowest BCUT2D eigenvalue weighted by molar-refractivity contribution is 0.174. The molecule has 1 aromatic heterocycles. The number of benzene rings is 1. The van der Waals surface area contributed by atoms with Gasteiger partial charge < -0.3 is 9.47 Å². The molecule has 0 atom stereocenters. The van der Waals surface area contributed by atoms with Gasteiger partial charge in [-0.05, 0) is 40.2 Å². The van der Waals surface area contributed by atoms with Crippen LogP contribution in [0, 0.1) is 0 Å². The number of aromatic nitrogens is 1. The van der Waals surface area contributed by atoms with Crippen molar-refractivity contribution >= 4 is 31.6 Å². The number of rotatable bonds is 3. The van der Waals surface area contributed by atoms with Crippen LogP contribution in [-0.4, -0.2) is 20.2 Å². The molecule has 104 valence electrons. The summed E-state index contributed by atoms with van der Waals surface area (Å²) in [5.41, 5.74) is 0.380. The van der Waals surface area contributed by atoms with E-state index in [-0.39, 0.29) is 11.7 Å². The zero-order chi connectivity index (χ0) is 14.2. The molecule has 1 aromatic carbocycles. The molecule has 0 amide bonds. The van der Waals surface area contributed by atoms with Crippen LogP contribution in [0.3, 0.4) is 0 Å². The van der Waals surface area contributed by atoms with Gasteiger partial charge in [0.1, 0.15) is 4.60 Å². The predicted octanol–water partition coefficient (Wildman–Crippen LogP) is 2.37. The molecule has 0 spiro atoms. The van der Waals surface area contributed by atoms with Crippen LogP contribution in [0.2, 0.25) is 0 Å². The summed E-state index contributed by atoms with van der Waals surface area (Å²) in [6.45, 7) is 0.100. The number of hydrogen-bond donors (Lipinski definition) is 1. The molecule has 8 heteroatoms. The Bertz CT molecular complexity index is 747. The lowest BCUT2D eigenvalue weighted by atomic mass is 10.3. The fourth-order valence-electron chi connectivity index (χ4n) is 1.69. The number of anilines is 1. The Morgan fingerprint density at radius 1 is 1.15 bits per heavy atom. The number of halogens is 1. The molecule has 0 saturated carbocycles. The van der Waals surface area contributed by atoms with Crippen molar-refractivity contribution in [1.29, 1.82) is 0 Å². The van der Waals surface area contributed by atoms with Gasteiger partial charge in [-0.1, -0.05) is 0 Å². The Kier molecular flexibility index (Phi) is 3.27. The van der Waals surface area contributed by atoms with Crippen molar-refractivity contribution in [1.82, 2.24) is 4.98 Å². The smallest absolute Gasteiger partial charge is 0.262 e. The normalized spacial score (nSPS) is 13.2. The van der Waals surface area contributed by atoms with Crippen LogP contribution in [0.5, 0.6) is 11.5 Å². The van der Waals surface area contributed by atoms with Gasteiger partial charge in [0, 0.05) is 6.07 Å². The van der Waals surface area contributed by atoms with Gasteiger partial charge in [-0.15, -0.1) is 0 Å². The predicted molar refractivity (Wildman–Crippen MR) is 75.3 cm³/mol. The Balaban J connectivity index is 1.90. The van der Waals surface area contributed by atoms with Gasteiger partial charge in [-0.3, -0.25) is 4.72 Å². The first-order valence-electron chi connectivity index (χ1n) is 5.59. The summed E-state index contributed by atoms with van der Waals surface area (Å²) in [4.78, 5) is 4.06. The molecular formula is C12H9BrN2O4S. The van der Waals surface area contributed by atoms with Gasteiger partial charge in [-0.2, -0.15) is 0 Å². The van der Waals surface area contributed by atoms with Crippen LogP contribution in [0.25, 0.3) is 0 Å². The molecule has 1 aliphatic rings. The van der Waals surface area contributed by atoms with Crippen LogP contribution in [0.15, 0.2) is 46.0 Å². The van der Waals surface area contributed by atoms with E-state index in [1.54, 1.807) is 18.2 Å². The maximum Gasteiger partial charge on any atom is 0.262 e. The summed E-state index contributed by atoms with van der Waals surface area (Å²) < 4.78 is 37.9. The molecule has 0 saturated heterocycles. The molecule has 2 aromatic rings. The summed E-state index contributed by atoms with van der Waals surface area (Å²) in [7, 11) is -3.69. The highest BCUT2D eigenvalue weighted by molar-refractivity contribution is 9.10. The minimum Gasteiger partial charge on any atom is -0.454 e.